The lowest BCUT2D eigenvalue weighted by atomic mass is 10.1. The van der Waals surface area contributed by atoms with Gasteiger partial charge in [0.2, 0.25) is 11.7 Å². The molecule has 4 rings (SSSR count). The van der Waals surface area contributed by atoms with E-state index in [4.69, 9.17) is 0 Å². The Kier molecular flexibility index (Phi) is 6.32. The Morgan fingerprint density at radius 1 is 1.09 bits per heavy atom. The Balaban J connectivity index is 1.65. The maximum Gasteiger partial charge on any atom is 0.262 e. The zero-order valence-electron chi connectivity index (χ0n) is 18.8. The minimum Gasteiger partial charge on any atom is -0.325 e. The molecule has 8 heteroatoms. The number of hydrogen-bond acceptors (Lipinski definition) is 5. The summed E-state index contributed by atoms with van der Waals surface area (Å²) in [5.74, 6) is 1.04. The lowest BCUT2D eigenvalue weighted by Crippen LogP contribution is -2.24. The molecule has 0 atom stereocenters. The Morgan fingerprint density at radius 3 is 2.66 bits per heavy atom. The van der Waals surface area contributed by atoms with Gasteiger partial charge in [0, 0.05) is 12.2 Å². The second-order valence-corrected chi connectivity index (χ2v) is 9.30. The normalized spacial score (nSPS) is 11.5. The summed E-state index contributed by atoms with van der Waals surface area (Å²) in [5.41, 5.74) is 3.68. The number of carbonyl (C=O) groups is 1. The van der Waals surface area contributed by atoms with Crippen molar-refractivity contribution in [3.05, 3.63) is 63.9 Å². The standard InChI is InChI=1S/C24H27N5O2S/c1-15(2)12-13-28-22(31)18-9-5-6-11-20(18)29-23(28)26-27-24(29)32-14-21(30)25-19-10-7-8-16(3)17(19)4/h5-11,15H,12-14H2,1-4H3,(H,25,30). The van der Waals surface area contributed by atoms with Crippen LogP contribution in [0.2, 0.25) is 0 Å². The first-order valence-corrected chi connectivity index (χ1v) is 11.7. The van der Waals surface area contributed by atoms with Crippen molar-refractivity contribution < 1.29 is 4.79 Å². The molecule has 0 saturated carbocycles. The average molecular weight is 450 g/mol. The number of nitrogens with zero attached hydrogens (tertiary/aromatic N) is 4. The lowest BCUT2D eigenvalue weighted by Gasteiger charge is -2.12. The zero-order valence-corrected chi connectivity index (χ0v) is 19.6. The molecule has 2 heterocycles. The molecule has 0 unspecified atom stereocenters. The Bertz CT molecular complexity index is 1360. The molecule has 2 aromatic carbocycles. The van der Waals surface area contributed by atoms with Crippen LogP contribution in [-0.2, 0) is 11.3 Å². The third-order valence-electron chi connectivity index (χ3n) is 5.62. The molecule has 1 N–H and O–H groups in total. The fraction of sp³-hybridized carbons (Fsp3) is 0.333. The van der Waals surface area contributed by atoms with Crippen molar-refractivity contribution in [3.8, 4) is 0 Å². The third-order valence-corrected chi connectivity index (χ3v) is 6.55. The van der Waals surface area contributed by atoms with Gasteiger partial charge in [-0.3, -0.25) is 18.6 Å². The van der Waals surface area contributed by atoms with E-state index in [1.165, 1.54) is 11.8 Å². The van der Waals surface area contributed by atoms with Gasteiger partial charge in [-0.05, 0) is 55.5 Å². The number of amides is 1. The molecule has 2 aromatic heterocycles. The number of carbonyl (C=O) groups excluding carboxylic acids is 1. The number of benzene rings is 2. The quantitative estimate of drug-likeness (QED) is 0.422. The number of fused-ring (bicyclic) bond motifs is 3. The molecule has 0 saturated heterocycles. The number of rotatable bonds is 7. The Morgan fingerprint density at radius 2 is 1.88 bits per heavy atom. The van der Waals surface area contributed by atoms with Crippen molar-refractivity contribution in [1.82, 2.24) is 19.2 Å². The first-order valence-electron chi connectivity index (χ1n) is 10.7. The van der Waals surface area contributed by atoms with Gasteiger partial charge in [-0.15, -0.1) is 10.2 Å². The molecule has 166 valence electrons. The van der Waals surface area contributed by atoms with Crippen LogP contribution in [0.25, 0.3) is 16.7 Å². The molecule has 1 amide bonds. The van der Waals surface area contributed by atoms with Gasteiger partial charge in [-0.2, -0.15) is 0 Å². The number of aryl methyl sites for hydroxylation is 2. The van der Waals surface area contributed by atoms with Crippen LogP contribution < -0.4 is 10.9 Å². The number of hydrogen-bond donors (Lipinski definition) is 1. The van der Waals surface area contributed by atoms with Crippen LogP contribution in [0, 0.1) is 19.8 Å². The summed E-state index contributed by atoms with van der Waals surface area (Å²) in [5, 5.41) is 12.8. The summed E-state index contributed by atoms with van der Waals surface area (Å²) < 4.78 is 3.57. The van der Waals surface area contributed by atoms with E-state index in [1.54, 1.807) is 4.57 Å². The largest absolute Gasteiger partial charge is 0.325 e. The summed E-state index contributed by atoms with van der Waals surface area (Å²) in [6.07, 6.45) is 0.863. The van der Waals surface area contributed by atoms with Crippen LogP contribution in [0.3, 0.4) is 0 Å². The molecule has 0 bridgehead atoms. The maximum absolute atomic E-state index is 13.1. The van der Waals surface area contributed by atoms with E-state index in [0.29, 0.717) is 28.8 Å². The van der Waals surface area contributed by atoms with Gasteiger partial charge in [-0.25, -0.2) is 0 Å². The third kappa shape index (κ3) is 4.27. The number of nitrogens with one attached hydrogen (secondary N) is 1. The molecule has 0 aliphatic rings. The number of anilines is 1. The molecule has 0 radical (unpaired) electrons. The van der Waals surface area contributed by atoms with Crippen molar-refractivity contribution in [2.75, 3.05) is 11.1 Å². The second kappa shape index (κ2) is 9.16. The van der Waals surface area contributed by atoms with Gasteiger partial charge < -0.3 is 5.32 Å². The van der Waals surface area contributed by atoms with Crippen molar-refractivity contribution in [3.63, 3.8) is 0 Å². The second-order valence-electron chi connectivity index (χ2n) is 8.36. The van der Waals surface area contributed by atoms with Crippen LogP contribution in [-0.4, -0.2) is 30.8 Å². The fourth-order valence-corrected chi connectivity index (χ4v) is 4.36. The molecule has 0 spiro atoms. The van der Waals surface area contributed by atoms with E-state index in [2.05, 4.69) is 29.4 Å². The smallest absolute Gasteiger partial charge is 0.262 e. The molecular formula is C24H27N5O2S. The number of thioether (sulfide) groups is 1. The monoisotopic (exact) mass is 449 g/mol. The minimum absolute atomic E-state index is 0.0645. The summed E-state index contributed by atoms with van der Waals surface area (Å²) in [4.78, 5) is 25.7. The average Bonchev–Trinajstić information content (AvgIpc) is 3.19. The molecule has 4 aromatic rings. The van der Waals surface area contributed by atoms with Gasteiger partial charge in [0.05, 0.1) is 16.7 Å². The topological polar surface area (TPSA) is 81.3 Å². The maximum atomic E-state index is 13.1. The highest BCUT2D eigenvalue weighted by molar-refractivity contribution is 7.99. The first-order chi connectivity index (χ1) is 15.4. The van der Waals surface area contributed by atoms with Crippen LogP contribution >= 0.6 is 11.8 Å². The molecule has 32 heavy (non-hydrogen) atoms. The zero-order chi connectivity index (χ0) is 22.8. The highest BCUT2D eigenvalue weighted by Gasteiger charge is 2.18. The highest BCUT2D eigenvalue weighted by atomic mass is 32.2. The van der Waals surface area contributed by atoms with Crippen molar-refractivity contribution in [1.29, 1.82) is 0 Å². The minimum atomic E-state index is -0.113. The van der Waals surface area contributed by atoms with Gasteiger partial charge in [0.1, 0.15) is 0 Å². The summed E-state index contributed by atoms with van der Waals surface area (Å²) in [6, 6.07) is 13.3. The fourth-order valence-electron chi connectivity index (χ4n) is 3.62. The van der Waals surface area contributed by atoms with E-state index in [9.17, 15) is 9.59 Å². The van der Waals surface area contributed by atoms with Crippen LogP contribution in [0.15, 0.2) is 52.4 Å². The van der Waals surface area contributed by atoms with Gasteiger partial charge in [0.15, 0.2) is 5.16 Å². The number of para-hydroxylation sites is 1. The van der Waals surface area contributed by atoms with Crippen LogP contribution in [0.4, 0.5) is 5.69 Å². The van der Waals surface area contributed by atoms with E-state index in [1.807, 2.05) is 60.7 Å². The van der Waals surface area contributed by atoms with Crippen molar-refractivity contribution in [2.24, 2.45) is 5.92 Å². The molecule has 7 nitrogen and oxygen atoms in total. The SMILES string of the molecule is Cc1cccc(NC(=O)CSc2nnc3n(CCC(C)C)c(=O)c4ccccc4n23)c1C. The highest BCUT2D eigenvalue weighted by Crippen LogP contribution is 2.23. The van der Waals surface area contributed by atoms with Crippen LogP contribution in [0.5, 0.6) is 0 Å². The van der Waals surface area contributed by atoms with E-state index in [-0.39, 0.29) is 17.2 Å². The number of aromatic nitrogens is 4. The van der Waals surface area contributed by atoms with E-state index < -0.39 is 0 Å². The van der Waals surface area contributed by atoms with Gasteiger partial charge >= 0.3 is 0 Å². The molecular weight excluding hydrogens is 422 g/mol. The molecule has 0 fully saturated rings. The van der Waals surface area contributed by atoms with Gasteiger partial charge in [0.25, 0.3) is 5.56 Å². The summed E-state index contributed by atoms with van der Waals surface area (Å²) >= 11 is 1.31. The van der Waals surface area contributed by atoms with E-state index >= 15 is 0 Å². The predicted octanol–water partition coefficient (Wildman–Crippen LogP) is 4.44. The van der Waals surface area contributed by atoms with Crippen LogP contribution in [0.1, 0.15) is 31.4 Å². The van der Waals surface area contributed by atoms with Gasteiger partial charge in [-0.1, -0.05) is 49.9 Å². The molecule has 0 aliphatic carbocycles. The Hall–Kier alpha value is -3.13. The lowest BCUT2D eigenvalue weighted by molar-refractivity contribution is -0.113. The first kappa shape index (κ1) is 22.1. The molecule has 0 aliphatic heterocycles. The van der Waals surface area contributed by atoms with Crippen molar-refractivity contribution >= 4 is 40.0 Å². The van der Waals surface area contributed by atoms with Crippen molar-refractivity contribution in [2.45, 2.75) is 45.8 Å². The summed E-state index contributed by atoms with van der Waals surface area (Å²) in [7, 11) is 0. The summed E-state index contributed by atoms with van der Waals surface area (Å²) in [6.45, 7) is 8.84. The Labute approximate surface area is 190 Å². The van der Waals surface area contributed by atoms with E-state index in [0.717, 1.165) is 28.8 Å². The predicted molar refractivity (Wildman–Crippen MR) is 129 cm³/mol.